The summed E-state index contributed by atoms with van der Waals surface area (Å²) in [4.78, 5) is 0. The minimum absolute atomic E-state index is 0.519. The van der Waals surface area contributed by atoms with Crippen LogP contribution in [0.5, 0.6) is 5.75 Å². The van der Waals surface area contributed by atoms with Gasteiger partial charge in [0.2, 0.25) is 0 Å². The molecule has 0 heterocycles. The maximum Gasteiger partial charge on any atom is 0.138 e. The fourth-order valence-electron chi connectivity index (χ4n) is 2.02. The van der Waals surface area contributed by atoms with Crippen molar-refractivity contribution in [3.63, 3.8) is 0 Å². The van der Waals surface area contributed by atoms with Crippen molar-refractivity contribution in [1.82, 2.24) is 5.32 Å². The molecular formula is C17H19BrClNO. The number of nitrogens with one attached hydrogen (secondary N) is 1. The van der Waals surface area contributed by atoms with Crippen molar-refractivity contribution >= 4 is 27.5 Å². The first-order valence-corrected chi connectivity index (χ1v) is 8.23. The molecule has 21 heavy (non-hydrogen) atoms. The zero-order valence-corrected chi connectivity index (χ0v) is 14.4. The van der Waals surface area contributed by atoms with Crippen LogP contribution >= 0.6 is 27.5 Å². The molecular weight excluding hydrogens is 350 g/mol. The molecule has 0 radical (unpaired) electrons. The summed E-state index contributed by atoms with van der Waals surface area (Å²) in [6.07, 6.45) is 1.13. The molecule has 2 rings (SSSR count). The van der Waals surface area contributed by atoms with Crippen molar-refractivity contribution in [2.75, 3.05) is 6.54 Å². The molecule has 4 heteroatoms. The minimum Gasteiger partial charge on any atom is -0.487 e. The Balaban J connectivity index is 2.02. The van der Waals surface area contributed by atoms with Crippen LogP contribution in [0.4, 0.5) is 0 Å². The smallest absolute Gasteiger partial charge is 0.138 e. The zero-order chi connectivity index (χ0) is 15.1. The van der Waals surface area contributed by atoms with E-state index in [2.05, 4.69) is 46.4 Å². The van der Waals surface area contributed by atoms with E-state index in [4.69, 9.17) is 16.3 Å². The Kier molecular flexibility index (Phi) is 6.55. The molecule has 0 aliphatic rings. The van der Waals surface area contributed by atoms with E-state index in [1.165, 1.54) is 11.1 Å². The van der Waals surface area contributed by atoms with Crippen molar-refractivity contribution in [2.24, 2.45) is 0 Å². The van der Waals surface area contributed by atoms with Gasteiger partial charge in [0, 0.05) is 11.0 Å². The average Bonchev–Trinajstić information content (AvgIpc) is 2.48. The zero-order valence-electron chi connectivity index (χ0n) is 12.0. The van der Waals surface area contributed by atoms with Gasteiger partial charge in [-0.25, -0.2) is 0 Å². The quantitative estimate of drug-likeness (QED) is 0.680. The Morgan fingerprint density at radius 1 is 1.14 bits per heavy atom. The van der Waals surface area contributed by atoms with Crippen LogP contribution in [-0.4, -0.2) is 6.54 Å². The number of ether oxygens (including phenoxy) is 1. The van der Waals surface area contributed by atoms with Gasteiger partial charge in [-0.2, -0.15) is 0 Å². The second-order valence-corrected chi connectivity index (χ2v) is 6.13. The van der Waals surface area contributed by atoms with Gasteiger partial charge < -0.3 is 10.1 Å². The van der Waals surface area contributed by atoms with Crippen LogP contribution in [0.1, 0.15) is 24.5 Å². The molecule has 1 N–H and O–H groups in total. The highest BCUT2D eigenvalue weighted by atomic mass is 79.9. The van der Waals surface area contributed by atoms with E-state index >= 15 is 0 Å². The first kappa shape index (κ1) is 16.3. The Bertz CT molecular complexity index is 589. The van der Waals surface area contributed by atoms with Crippen molar-refractivity contribution in [1.29, 1.82) is 0 Å². The maximum absolute atomic E-state index is 6.17. The largest absolute Gasteiger partial charge is 0.487 e. The van der Waals surface area contributed by atoms with Crippen molar-refractivity contribution in [3.8, 4) is 5.75 Å². The lowest BCUT2D eigenvalue weighted by atomic mass is 10.1. The molecule has 2 aromatic rings. The van der Waals surface area contributed by atoms with Crippen molar-refractivity contribution in [3.05, 3.63) is 63.1 Å². The molecule has 0 saturated carbocycles. The number of rotatable bonds is 7. The van der Waals surface area contributed by atoms with Gasteiger partial charge in [-0.3, -0.25) is 0 Å². The van der Waals surface area contributed by atoms with Crippen LogP contribution in [0, 0.1) is 0 Å². The fraction of sp³-hybridized carbons (Fsp3) is 0.294. The highest BCUT2D eigenvalue weighted by molar-refractivity contribution is 9.10. The number of benzene rings is 2. The van der Waals surface area contributed by atoms with Crippen molar-refractivity contribution < 1.29 is 4.74 Å². The predicted octanol–water partition coefficient (Wildman–Crippen LogP) is 5.18. The monoisotopic (exact) mass is 367 g/mol. The van der Waals surface area contributed by atoms with E-state index in [0.717, 1.165) is 24.0 Å². The van der Waals surface area contributed by atoms with Crippen LogP contribution in [-0.2, 0) is 13.2 Å². The third-order valence-corrected chi connectivity index (χ3v) is 3.93. The summed E-state index contributed by atoms with van der Waals surface area (Å²) in [6, 6.07) is 14.0. The predicted molar refractivity (Wildman–Crippen MR) is 91.9 cm³/mol. The SMILES string of the molecule is CCCNCc1ccccc1COc1ccc(Br)cc1Cl. The number of hydrogen-bond donors (Lipinski definition) is 1. The van der Waals surface area contributed by atoms with Crippen molar-refractivity contribution in [2.45, 2.75) is 26.5 Å². The standard InChI is InChI=1S/C17H19BrClNO/c1-2-9-20-11-13-5-3-4-6-14(13)12-21-17-8-7-15(18)10-16(17)19/h3-8,10,20H,2,9,11-12H2,1H3. The average molecular weight is 369 g/mol. The molecule has 0 aromatic heterocycles. The molecule has 0 spiro atoms. The molecule has 0 atom stereocenters. The summed E-state index contributed by atoms with van der Waals surface area (Å²) in [6.45, 7) is 4.57. The third kappa shape index (κ3) is 5.03. The Labute approximate surface area is 139 Å². The number of halogens is 2. The third-order valence-electron chi connectivity index (χ3n) is 3.14. The lowest BCUT2D eigenvalue weighted by Crippen LogP contribution is -2.15. The van der Waals surface area contributed by atoms with Gasteiger partial charge >= 0.3 is 0 Å². The Morgan fingerprint density at radius 3 is 2.62 bits per heavy atom. The summed E-state index contributed by atoms with van der Waals surface area (Å²) in [7, 11) is 0. The molecule has 0 amide bonds. The molecule has 2 aromatic carbocycles. The summed E-state index contributed by atoms with van der Waals surface area (Å²) >= 11 is 9.56. The highest BCUT2D eigenvalue weighted by Gasteiger charge is 2.05. The Morgan fingerprint density at radius 2 is 1.90 bits per heavy atom. The lowest BCUT2D eigenvalue weighted by molar-refractivity contribution is 0.305. The summed E-state index contributed by atoms with van der Waals surface area (Å²) in [5.74, 6) is 0.705. The van der Waals surface area contributed by atoms with E-state index in [1.54, 1.807) is 0 Å². The second kappa shape index (κ2) is 8.42. The molecule has 0 unspecified atom stereocenters. The van der Waals surface area contributed by atoms with Gasteiger partial charge in [0.25, 0.3) is 0 Å². The topological polar surface area (TPSA) is 21.3 Å². The van der Waals surface area contributed by atoms with Crippen LogP contribution in [0.3, 0.4) is 0 Å². The molecule has 0 fully saturated rings. The van der Waals surface area contributed by atoms with E-state index in [1.807, 2.05) is 24.3 Å². The molecule has 0 bridgehead atoms. The van der Waals surface area contributed by atoms with Gasteiger partial charge in [0.05, 0.1) is 5.02 Å². The molecule has 0 aliphatic heterocycles. The normalized spacial score (nSPS) is 10.6. The van der Waals surface area contributed by atoms with Crippen LogP contribution < -0.4 is 10.1 Å². The van der Waals surface area contributed by atoms with Gasteiger partial charge in [0.1, 0.15) is 12.4 Å². The van der Waals surface area contributed by atoms with E-state index in [9.17, 15) is 0 Å². The summed E-state index contributed by atoms with van der Waals surface area (Å²) < 4.78 is 6.79. The van der Waals surface area contributed by atoms with E-state index in [-0.39, 0.29) is 0 Å². The van der Waals surface area contributed by atoms with Crippen LogP contribution in [0.15, 0.2) is 46.9 Å². The summed E-state index contributed by atoms with van der Waals surface area (Å²) in [5.41, 5.74) is 2.44. The molecule has 0 saturated heterocycles. The lowest BCUT2D eigenvalue weighted by Gasteiger charge is -2.12. The van der Waals surface area contributed by atoms with Crippen LogP contribution in [0.25, 0.3) is 0 Å². The summed E-state index contributed by atoms with van der Waals surface area (Å²) in [5, 5.41) is 4.04. The first-order valence-electron chi connectivity index (χ1n) is 7.06. The fourth-order valence-corrected chi connectivity index (χ4v) is 2.75. The maximum atomic E-state index is 6.17. The minimum atomic E-state index is 0.519. The van der Waals surface area contributed by atoms with Gasteiger partial charge in [-0.05, 0) is 42.3 Å². The first-order chi connectivity index (χ1) is 10.2. The number of hydrogen-bond acceptors (Lipinski definition) is 2. The Hall–Kier alpha value is -1.03. The van der Waals surface area contributed by atoms with Gasteiger partial charge in [0.15, 0.2) is 0 Å². The second-order valence-electron chi connectivity index (χ2n) is 4.81. The van der Waals surface area contributed by atoms with E-state index in [0.29, 0.717) is 17.4 Å². The van der Waals surface area contributed by atoms with Gasteiger partial charge in [-0.15, -0.1) is 0 Å². The molecule has 2 nitrogen and oxygen atoms in total. The van der Waals surface area contributed by atoms with Crippen LogP contribution in [0.2, 0.25) is 5.02 Å². The van der Waals surface area contributed by atoms with E-state index < -0.39 is 0 Å². The highest BCUT2D eigenvalue weighted by Crippen LogP contribution is 2.28. The molecule has 112 valence electrons. The molecule has 0 aliphatic carbocycles. The van der Waals surface area contributed by atoms with Gasteiger partial charge in [-0.1, -0.05) is 58.7 Å².